The average molecular weight is 266 g/mol. The number of pyridine rings is 1. The molecule has 1 aromatic heterocycles. The summed E-state index contributed by atoms with van der Waals surface area (Å²) in [6.07, 6.45) is 3.29. The molecule has 0 aliphatic rings. The molecule has 18 heavy (non-hydrogen) atoms. The van der Waals surface area contributed by atoms with Gasteiger partial charge in [-0.15, -0.1) is 12.4 Å². The first kappa shape index (κ1) is 14.3. The van der Waals surface area contributed by atoms with Crippen molar-refractivity contribution in [2.24, 2.45) is 0 Å². The van der Waals surface area contributed by atoms with Crippen LogP contribution in [0.4, 0.5) is 0 Å². The molecular weight excluding hydrogens is 250 g/mol. The molecule has 2 rings (SSSR count). The Balaban J connectivity index is 0.00000162. The molecule has 0 bridgehead atoms. The predicted molar refractivity (Wildman–Crippen MR) is 73.6 cm³/mol. The maximum atomic E-state index is 9.59. The summed E-state index contributed by atoms with van der Waals surface area (Å²) in [5.41, 5.74) is 1.94. The summed E-state index contributed by atoms with van der Waals surface area (Å²) in [5.74, 6) is 1.12. The highest BCUT2D eigenvalue weighted by atomic mass is 35.5. The quantitative estimate of drug-likeness (QED) is 0.924. The Kier molecular flexibility index (Phi) is 5.46. The lowest BCUT2D eigenvalue weighted by Gasteiger charge is -2.04. The number of aromatic hydroxyl groups is 1. The molecule has 96 valence electrons. The summed E-state index contributed by atoms with van der Waals surface area (Å²) >= 11 is 0. The van der Waals surface area contributed by atoms with Crippen molar-refractivity contribution in [3.8, 4) is 11.5 Å². The van der Waals surface area contributed by atoms with Crippen molar-refractivity contribution in [1.82, 2.24) is 4.98 Å². The van der Waals surface area contributed by atoms with E-state index in [1.54, 1.807) is 25.4 Å². The molecule has 1 heterocycles. The van der Waals surface area contributed by atoms with Gasteiger partial charge >= 0.3 is 0 Å². The number of benzene rings is 1. The van der Waals surface area contributed by atoms with Crippen LogP contribution < -0.4 is 4.74 Å². The smallest absolute Gasteiger partial charge is 0.137 e. The van der Waals surface area contributed by atoms with E-state index in [0.29, 0.717) is 0 Å². The molecular formula is C14H16ClNO2. The monoisotopic (exact) mass is 265 g/mol. The zero-order valence-corrected chi connectivity index (χ0v) is 11.0. The van der Waals surface area contributed by atoms with Gasteiger partial charge in [0.15, 0.2) is 0 Å². The van der Waals surface area contributed by atoms with Gasteiger partial charge < -0.3 is 9.84 Å². The molecule has 0 atom stereocenters. The molecule has 0 spiro atoms. The average Bonchev–Trinajstić information content (AvgIpc) is 2.38. The van der Waals surface area contributed by atoms with E-state index in [0.717, 1.165) is 24.3 Å². The van der Waals surface area contributed by atoms with E-state index in [-0.39, 0.29) is 18.2 Å². The van der Waals surface area contributed by atoms with Gasteiger partial charge in [-0.25, -0.2) is 0 Å². The summed E-state index contributed by atoms with van der Waals surface area (Å²) in [7, 11) is 1.65. The highest BCUT2D eigenvalue weighted by Gasteiger charge is 2.02. The van der Waals surface area contributed by atoms with Crippen molar-refractivity contribution in [2.45, 2.75) is 12.8 Å². The number of nitrogens with zero attached hydrogens (tertiary/aromatic N) is 1. The van der Waals surface area contributed by atoms with Gasteiger partial charge in [0, 0.05) is 6.20 Å². The maximum Gasteiger partial charge on any atom is 0.137 e. The van der Waals surface area contributed by atoms with Crippen molar-refractivity contribution in [2.75, 3.05) is 7.11 Å². The Bertz CT molecular complexity index is 485. The van der Waals surface area contributed by atoms with E-state index in [4.69, 9.17) is 4.74 Å². The molecule has 2 aromatic rings. The molecule has 0 aliphatic carbocycles. The van der Waals surface area contributed by atoms with E-state index in [2.05, 4.69) is 4.98 Å². The van der Waals surface area contributed by atoms with Gasteiger partial charge in [-0.3, -0.25) is 4.98 Å². The third kappa shape index (κ3) is 3.64. The Morgan fingerprint density at radius 2 is 1.83 bits per heavy atom. The van der Waals surface area contributed by atoms with Crippen LogP contribution in [0.15, 0.2) is 42.6 Å². The first-order chi connectivity index (χ1) is 8.29. The Hall–Kier alpha value is -1.74. The largest absolute Gasteiger partial charge is 0.506 e. The first-order valence-corrected chi connectivity index (χ1v) is 5.55. The van der Waals surface area contributed by atoms with Gasteiger partial charge in [0.05, 0.1) is 12.8 Å². The number of hydrogen-bond donors (Lipinski definition) is 1. The van der Waals surface area contributed by atoms with Crippen molar-refractivity contribution in [3.05, 3.63) is 53.9 Å². The third-order valence-corrected chi connectivity index (χ3v) is 2.68. The second-order valence-corrected chi connectivity index (χ2v) is 3.82. The van der Waals surface area contributed by atoms with Gasteiger partial charge in [-0.05, 0) is 42.7 Å². The van der Waals surface area contributed by atoms with Gasteiger partial charge in [0.2, 0.25) is 0 Å². The van der Waals surface area contributed by atoms with Crippen LogP contribution in [0.2, 0.25) is 0 Å². The number of hydrogen-bond acceptors (Lipinski definition) is 3. The van der Waals surface area contributed by atoms with Crippen LogP contribution >= 0.6 is 12.4 Å². The van der Waals surface area contributed by atoms with E-state index < -0.39 is 0 Å². The number of aryl methyl sites for hydroxylation is 2. The normalized spacial score (nSPS) is 9.61. The molecule has 3 nitrogen and oxygen atoms in total. The molecule has 0 unspecified atom stereocenters. The van der Waals surface area contributed by atoms with Crippen LogP contribution in [0.1, 0.15) is 11.3 Å². The Morgan fingerprint density at radius 1 is 1.11 bits per heavy atom. The van der Waals surface area contributed by atoms with Gasteiger partial charge in [0.1, 0.15) is 11.5 Å². The van der Waals surface area contributed by atoms with Crippen molar-refractivity contribution >= 4 is 12.4 Å². The van der Waals surface area contributed by atoms with Crippen molar-refractivity contribution < 1.29 is 9.84 Å². The minimum atomic E-state index is 0. The fourth-order valence-electron chi connectivity index (χ4n) is 1.68. The maximum absolute atomic E-state index is 9.59. The zero-order valence-electron chi connectivity index (χ0n) is 10.2. The van der Waals surface area contributed by atoms with Crippen LogP contribution in [-0.2, 0) is 12.8 Å². The van der Waals surface area contributed by atoms with Gasteiger partial charge in [0.25, 0.3) is 0 Å². The molecule has 0 fully saturated rings. The lowest BCUT2D eigenvalue weighted by Crippen LogP contribution is -1.94. The molecule has 4 heteroatoms. The lowest BCUT2D eigenvalue weighted by atomic mass is 10.1. The van der Waals surface area contributed by atoms with E-state index in [1.807, 2.05) is 24.3 Å². The lowest BCUT2D eigenvalue weighted by molar-refractivity contribution is 0.414. The highest BCUT2D eigenvalue weighted by molar-refractivity contribution is 5.85. The second kappa shape index (κ2) is 6.87. The zero-order chi connectivity index (χ0) is 12.1. The fraction of sp³-hybridized carbons (Fsp3) is 0.214. The Labute approximate surface area is 113 Å². The summed E-state index contributed by atoms with van der Waals surface area (Å²) in [6.45, 7) is 0. The summed E-state index contributed by atoms with van der Waals surface area (Å²) in [4.78, 5) is 4.15. The van der Waals surface area contributed by atoms with E-state index in [1.165, 1.54) is 5.56 Å². The Morgan fingerprint density at radius 3 is 2.44 bits per heavy atom. The van der Waals surface area contributed by atoms with Gasteiger partial charge in [-0.2, -0.15) is 0 Å². The van der Waals surface area contributed by atoms with Crippen LogP contribution in [0, 0.1) is 0 Å². The van der Waals surface area contributed by atoms with Crippen LogP contribution in [0.3, 0.4) is 0 Å². The standard InChI is InChI=1S/C14H15NO2.ClH/c1-17-12-7-4-11(5-8-12)6-9-13-14(16)3-2-10-15-13;/h2-5,7-8,10,16H,6,9H2,1H3;1H. The second-order valence-electron chi connectivity index (χ2n) is 3.82. The van der Waals surface area contributed by atoms with Crippen molar-refractivity contribution in [3.63, 3.8) is 0 Å². The van der Waals surface area contributed by atoms with Crippen LogP contribution in [-0.4, -0.2) is 17.2 Å². The summed E-state index contributed by atoms with van der Waals surface area (Å²) in [5, 5.41) is 9.59. The first-order valence-electron chi connectivity index (χ1n) is 5.55. The minimum absolute atomic E-state index is 0. The number of aromatic nitrogens is 1. The van der Waals surface area contributed by atoms with Crippen LogP contribution in [0.25, 0.3) is 0 Å². The van der Waals surface area contributed by atoms with E-state index >= 15 is 0 Å². The molecule has 0 radical (unpaired) electrons. The number of ether oxygens (including phenoxy) is 1. The highest BCUT2D eigenvalue weighted by Crippen LogP contribution is 2.17. The predicted octanol–water partition coefficient (Wildman–Crippen LogP) is 3.00. The molecule has 0 aliphatic heterocycles. The molecule has 0 saturated heterocycles. The van der Waals surface area contributed by atoms with Crippen molar-refractivity contribution in [1.29, 1.82) is 0 Å². The molecule has 0 saturated carbocycles. The third-order valence-electron chi connectivity index (χ3n) is 2.68. The molecule has 1 N–H and O–H groups in total. The number of methoxy groups -OCH3 is 1. The number of halogens is 1. The fourth-order valence-corrected chi connectivity index (χ4v) is 1.68. The molecule has 0 amide bonds. The van der Waals surface area contributed by atoms with Crippen LogP contribution in [0.5, 0.6) is 11.5 Å². The topological polar surface area (TPSA) is 42.4 Å². The summed E-state index contributed by atoms with van der Waals surface area (Å²) in [6, 6.07) is 11.3. The minimum Gasteiger partial charge on any atom is -0.506 e. The summed E-state index contributed by atoms with van der Waals surface area (Å²) < 4.78 is 5.10. The van der Waals surface area contributed by atoms with Gasteiger partial charge in [-0.1, -0.05) is 12.1 Å². The SMILES string of the molecule is COc1ccc(CCc2ncccc2O)cc1.Cl. The molecule has 1 aromatic carbocycles. The number of rotatable bonds is 4. The van der Waals surface area contributed by atoms with E-state index in [9.17, 15) is 5.11 Å².